The summed E-state index contributed by atoms with van der Waals surface area (Å²) >= 11 is 0. The van der Waals surface area contributed by atoms with Gasteiger partial charge in [-0.3, -0.25) is 4.79 Å². The van der Waals surface area contributed by atoms with Crippen LogP contribution < -0.4 is 24.7 Å². The van der Waals surface area contributed by atoms with Gasteiger partial charge in [-0.1, -0.05) is 6.07 Å². The SMILES string of the molecule is COc1cc(OC)c(OC)cc1/C=C/C(=O)Nc1ccc(C)c(S(N)(=O)=O)c1. The van der Waals surface area contributed by atoms with Crippen LogP contribution in [0.15, 0.2) is 41.3 Å². The van der Waals surface area contributed by atoms with Crippen molar-refractivity contribution in [3.8, 4) is 17.2 Å². The topological polar surface area (TPSA) is 117 Å². The maximum Gasteiger partial charge on any atom is 0.248 e. The van der Waals surface area contributed by atoms with Gasteiger partial charge >= 0.3 is 0 Å². The Balaban J connectivity index is 2.25. The Labute approximate surface area is 164 Å². The zero-order chi connectivity index (χ0) is 20.9. The van der Waals surface area contributed by atoms with E-state index in [1.807, 2.05) is 0 Å². The van der Waals surface area contributed by atoms with Crippen molar-refractivity contribution in [1.29, 1.82) is 0 Å². The van der Waals surface area contributed by atoms with Crippen LogP contribution in [0.1, 0.15) is 11.1 Å². The molecule has 2 aromatic rings. The quantitative estimate of drug-likeness (QED) is 0.682. The standard InChI is InChI=1S/C19H22N2O6S/c1-12-5-7-14(10-18(12)28(20,23)24)21-19(22)8-6-13-9-16(26-3)17(27-4)11-15(13)25-2/h5-11H,1-4H3,(H,21,22)(H2,20,23,24)/b8-6+. The molecular formula is C19H22N2O6S. The molecule has 0 aliphatic carbocycles. The molecule has 150 valence electrons. The van der Waals surface area contributed by atoms with Gasteiger partial charge in [0.15, 0.2) is 11.5 Å². The molecule has 0 bridgehead atoms. The average molecular weight is 406 g/mol. The molecule has 0 saturated heterocycles. The summed E-state index contributed by atoms with van der Waals surface area (Å²) in [7, 11) is 0.634. The molecular weight excluding hydrogens is 384 g/mol. The lowest BCUT2D eigenvalue weighted by molar-refractivity contribution is -0.111. The van der Waals surface area contributed by atoms with Crippen LogP contribution >= 0.6 is 0 Å². The molecule has 0 unspecified atom stereocenters. The summed E-state index contributed by atoms with van der Waals surface area (Å²) in [6.45, 7) is 1.62. The summed E-state index contributed by atoms with van der Waals surface area (Å²) in [6, 6.07) is 7.79. The van der Waals surface area contributed by atoms with Crippen molar-refractivity contribution in [2.24, 2.45) is 5.14 Å². The minimum absolute atomic E-state index is 0.0455. The molecule has 0 heterocycles. The minimum atomic E-state index is -3.88. The second-order valence-electron chi connectivity index (χ2n) is 5.80. The third-order valence-corrected chi connectivity index (χ3v) is 4.97. The lowest BCUT2D eigenvalue weighted by Crippen LogP contribution is -2.15. The van der Waals surface area contributed by atoms with Gasteiger partial charge in [0.2, 0.25) is 15.9 Å². The van der Waals surface area contributed by atoms with E-state index in [1.165, 1.54) is 33.5 Å². The zero-order valence-electron chi connectivity index (χ0n) is 16.0. The monoisotopic (exact) mass is 406 g/mol. The number of carbonyl (C=O) groups is 1. The van der Waals surface area contributed by atoms with Gasteiger partial charge < -0.3 is 19.5 Å². The third kappa shape index (κ3) is 5.02. The number of nitrogens with one attached hydrogen (secondary N) is 1. The van der Waals surface area contributed by atoms with Crippen molar-refractivity contribution >= 4 is 27.7 Å². The normalized spacial score (nSPS) is 11.3. The number of hydrogen-bond donors (Lipinski definition) is 2. The summed E-state index contributed by atoms with van der Waals surface area (Å²) in [6.07, 6.45) is 2.84. The number of carbonyl (C=O) groups excluding carboxylic acids is 1. The van der Waals surface area contributed by atoms with E-state index in [0.29, 0.717) is 34.1 Å². The molecule has 0 aromatic heterocycles. The molecule has 9 heteroatoms. The summed E-state index contributed by atoms with van der Waals surface area (Å²) in [5.74, 6) is 1.02. The molecule has 0 atom stereocenters. The van der Waals surface area contributed by atoms with Crippen LogP contribution in [0.3, 0.4) is 0 Å². The van der Waals surface area contributed by atoms with Gasteiger partial charge in [0.25, 0.3) is 0 Å². The van der Waals surface area contributed by atoms with E-state index in [2.05, 4.69) is 5.32 Å². The first kappa shape index (κ1) is 21.3. The van der Waals surface area contributed by atoms with Gasteiger partial charge in [-0.25, -0.2) is 13.6 Å². The molecule has 2 aromatic carbocycles. The fraction of sp³-hybridized carbons (Fsp3) is 0.211. The van der Waals surface area contributed by atoms with E-state index in [1.54, 1.807) is 37.3 Å². The number of benzene rings is 2. The number of nitrogens with two attached hydrogens (primary N) is 1. The van der Waals surface area contributed by atoms with Gasteiger partial charge in [0.1, 0.15) is 5.75 Å². The van der Waals surface area contributed by atoms with Crippen LogP contribution in [-0.4, -0.2) is 35.7 Å². The van der Waals surface area contributed by atoms with E-state index < -0.39 is 15.9 Å². The van der Waals surface area contributed by atoms with Crippen LogP contribution in [-0.2, 0) is 14.8 Å². The first-order valence-corrected chi connectivity index (χ1v) is 9.66. The maximum atomic E-state index is 12.2. The number of rotatable bonds is 7. The summed E-state index contributed by atoms with van der Waals surface area (Å²) in [5, 5.41) is 7.78. The predicted molar refractivity (Wildman–Crippen MR) is 106 cm³/mol. The van der Waals surface area contributed by atoms with E-state index >= 15 is 0 Å². The van der Waals surface area contributed by atoms with Crippen molar-refractivity contribution in [3.63, 3.8) is 0 Å². The fourth-order valence-electron chi connectivity index (χ4n) is 2.52. The number of primary sulfonamides is 1. The molecule has 0 aliphatic heterocycles. The largest absolute Gasteiger partial charge is 0.496 e. The maximum absolute atomic E-state index is 12.2. The van der Waals surface area contributed by atoms with Crippen molar-refractivity contribution in [2.45, 2.75) is 11.8 Å². The lowest BCUT2D eigenvalue weighted by Gasteiger charge is -2.12. The fourth-order valence-corrected chi connectivity index (χ4v) is 3.32. The molecule has 0 saturated carbocycles. The molecule has 28 heavy (non-hydrogen) atoms. The molecule has 0 fully saturated rings. The molecule has 0 radical (unpaired) electrons. The first-order chi connectivity index (χ1) is 13.2. The molecule has 0 aliphatic rings. The van der Waals surface area contributed by atoms with Gasteiger partial charge in [-0.2, -0.15) is 0 Å². The van der Waals surface area contributed by atoms with E-state index in [4.69, 9.17) is 19.3 Å². The van der Waals surface area contributed by atoms with E-state index in [-0.39, 0.29) is 4.90 Å². The summed E-state index contributed by atoms with van der Waals surface area (Å²) < 4.78 is 39.0. The number of hydrogen-bond acceptors (Lipinski definition) is 6. The Hall–Kier alpha value is -3.04. The smallest absolute Gasteiger partial charge is 0.248 e. The van der Waals surface area contributed by atoms with Gasteiger partial charge in [-0.05, 0) is 36.8 Å². The third-order valence-electron chi connectivity index (χ3n) is 3.91. The summed E-state index contributed by atoms with van der Waals surface area (Å²) in [4.78, 5) is 12.2. The van der Waals surface area contributed by atoms with Crippen molar-refractivity contribution in [2.75, 3.05) is 26.6 Å². The zero-order valence-corrected chi connectivity index (χ0v) is 16.8. The molecule has 3 N–H and O–H groups in total. The van der Waals surface area contributed by atoms with Gasteiger partial charge in [0.05, 0.1) is 26.2 Å². The van der Waals surface area contributed by atoms with Gasteiger partial charge in [0, 0.05) is 23.4 Å². The number of aryl methyl sites for hydroxylation is 1. The van der Waals surface area contributed by atoms with Crippen LogP contribution in [0, 0.1) is 6.92 Å². The molecule has 0 spiro atoms. The van der Waals surface area contributed by atoms with Crippen LogP contribution in [0.4, 0.5) is 5.69 Å². The Bertz CT molecular complexity index is 1020. The van der Waals surface area contributed by atoms with Crippen molar-refractivity contribution < 1.29 is 27.4 Å². The predicted octanol–water partition coefficient (Wildman–Crippen LogP) is 2.32. The number of anilines is 1. The van der Waals surface area contributed by atoms with Crippen LogP contribution in [0.5, 0.6) is 17.2 Å². The average Bonchev–Trinajstić information content (AvgIpc) is 2.66. The highest BCUT2D eigenvalue weighted by Gasteiger charge is 2.13. The first-order valence-electron chi connectivity index (χ1n) is 8.12. The van der Waals surface area contributed by atoms with Gasteiger partial charge in [-0.15, -0.1) is 0 Å². The molecule has 8 nitrogen and oxygen atoms in total. The van der Waals surface area contributed by atoms with E-state index in [0.717, 1.165) is 0 Å². The highest BCUT2D eigenvalue weighted by molar-refractivity contribution is 7.89. The Morgan fingerprint density at radius 1 is 1.00 bits per heavy atom. The Morgan fingerprint density at radius 2 is 1.61 bits per heavy atom. The number of ether oxygens (including phenoxy) is 3. The van der Waals surface area contributed by atoms with Crippen molar-refractivity contribution in [1.82, 2.24) is 0 Å². The highest BCUT2D eigenvalue weighted by Crippen LogP contribution is 2.35. The lowest BCUT2D eigenvalue weighted by atomic mass is 10.1. The number of sulfonamides is 1. The highest BCUT2D eigenvalue weighted by atomic mass is 32.2. The molecule has 1 amide bonds. The second kappa shape index (κ2) is 8.77. The Kier molecular flexibility index (Phi) is 6.66. The van der Waals surface area contributed by atoms with Crippen LogP contribution in [0.25, 0.3) is 6.08 Å². The minimum Gasteiger partial charge on any atom is -0.496 e. The summed E-state index contributed by atoms with van der Waals surface area (Å²) in [5.41, 5.74) is 1.40. The second-order valence-corrected chi connectivity index (χ2v) is 7.33. The number of amides is 1. The number of methoxy groups -OCH3 is 3. The molecule has 2 rings (SSSR count). The Morgan fingerprint density at radius 3 is 2.18 bits per heavy atom. The van der Waals surface area contributed by atoms with Crippen LogP contribution in [0.2, 0.25) is 0 Å². The van der Waals surface area contributed by atoms with Crippen molar-refractivity contribution in [3.05, 3.63) is 47.5 Å². The van der Waals surface area contributed by atoms with E-state index in [9.17, 15) is 13.2 Å².